The number of nitrogens with two attached hydrogens (primary N) is 1. The quantitative estimate of drug-likeness (QED) is 0.887. The molecule has 1 aromatic carbocycles. The van der Waals surface area contributed by atoms with Gasteiger partial charge in [0.05, 0.1) is 0 Å². The van der Waals surface area contributed by atoms with Gasteiger partial charge in [-0.2, -0.15) is 0 Å². The smallest absolute Gasteiger partial charge is 0.0496 e. The van der Waals surface area contributed by atoms with E-state index in [1.165, 1.54) is 49.9 Å². The van der Waals surface area contributed by atoms with Gasteiger partial charge >= 0.3 is 0 Å². The highest BCUT2D eigenvalue weighted by atomic mass is 15.2. The first-order chi connectivity index (χ1) is 8.68. The summed E-state index contributed by atoms with van der Waals surface area (Å²) < 4.78 is 0. The van der Waals surface area contributed by atoms with Gasteiger partial charge in [0.2, 0.25) is 0 Å². The first kappa shape index (κ1) is 13.6. The standard InChI is InChI=1S/C16H26N2/c1-13-7-9-15(10-8-13)16(14(2)17)18-11-5-3-4-6-12-18/h7-10,14,16H,3-6,11-12,17H2,1-2H3. The Kier molecular flexibility index (Phi) is 4.79. The molecule has 2 nitrogen and oxygen atoms in total. The fraction of sp³-hybridized carbons (Fsp3) is 0.625. The van der Waals surface area contributed by atoms with Crippen LogP contribution in [0.4, 0.5) is 0 Å². The summed E-state index contributed by atoms with van der Waals surface area (Å²) in [6.45, 7) is 6.66. The van der Waals surface area contributed by atoms with Crippen LogP contribution in [0.15, 0.2) is 24.3 Å². The second-order valence-electron chi connectivity index (χ2n) is 5.66. The molecule has 2 unspecified atom stereocenters. The van der Waals surface area contributed by atoms with E-state index >= 15 is 0 Å². The predicted molar refractivity (Wildman–Crippen MR) is 77.6 cm³/mol. The molecule has 1 saturated heterocycles. The van der Waals surface area contributed by atoms with Gasteiger partial charge in [-0.1, -0.05) is 42.7 Å². The SMILES string of the molecule is Cc1ccc(C(C(C)N)N2CCCCCC2)cc1. The molecule has 0 aromatic heterocycles. The third kappa shape index (κ3) is 3.33. The van der Waals surface area contributed by atoms with Crippen molar-refractivity contribution in [3.63, 3.8) is 0 Å². The van der Waals surface area contributed by atoms with E-state index in [0.29, 0.717) is 6.04 Å². The molecule has 0 saturated carbocycles. The lowest BCUT2D eigenvalue weighted by atomic mass is 9.98. The van der Waals surface area contributed by atoms with Crippen LogP contribution < -0.4 is 5.73 Å². The minimum atomic E-state index is 0.186. The number of benzene rings is 1. The zero-order chi connectivity index (χ0) is 13.0. The van der Waals surface area contributed by atoms with E-state index in [0.717, 1.165) is 0 Å². The van der Waals surface area contributed by atoms with Gasteiger partial charge in [-0.05, 0) is 45.3 Å². The molecule has 1 fully saturated rings. The van der Waals surface area contributed by atoms with Crippen molar-refractivity contribution >= 4 is 0 Å². The van der Waals surface area contributed by atoms with Crippen molar-refractivity contribution in [1.82, 2.24) is 4.90 Å². The normalized spacial score (nSPS) is 21.3. The summed E-state index contributed by atoms with van der Waals surface area (Å²) >= 11 is 0. The molecule has 1 aliphatic heterocycles. The summed E-state index contributed by atoms with van der Waals surface area (Å²) in [5.74, 6) is 0. The average Bonchev–Trinajstić information content (AvgIpc) is 2.60. The maximum atomic E-state index is 6.25. The van der Waals surface area contributed by atoms with Gasteiger partial charge in [-0.15, -0.1) is 0 Å². The minimum absolute atomic E-state index is 0.186. The van der Waals surface area contributed by atoms with Crippen LogP contribution in [0, 0.1) is 6.92 Å². The van der Waals surface area contributed by atoms with Gasteiger partial charge in [0.25, 0.3) is 0 Å². The van der Waals surface area contributed by atoms with Crippen molar-refractivity contribution in [2.24, 2.45) is 5.73 Å². The van der Waals surface area contributed by atoms with E-state index in [1.54, 1.807) is 0 Å². The first-order valence-corrected chi connectivity index (χ1v) is 7.24. The molecule has 0 spiro atoms. The molecule has 18 heavy (non-hydrogen) atoms. The van der Waals surface area contributed by atoms with Crippen molar-refractivity contribution in [2.75, 3.05) is 13.1 Å². The fourth-order valence-electron chi connectivity index (χ4n) is 2.98. The minimum Gasteiger partial charge on any atom is -0.326 e. The largest absolute Gasteiger partial charge is 0.326 e. The van der Waals surface area contributed by atoms with Gasteiger partial charge in [0.15, 0.2) is 0 Å². The Balaban J connectivity index is 2.18. The van der Waals surface area contributed by atoms with Crippen molar-refractivity contribution in [3.8, 4) is 0 Å². The second kappa shape index (κ2) is 6.35. The van der Waals surface area contributed by atoms with E-state index in [4.69, 9.17) is 5.73 Å². The van der Waals surface area contributed by atoms with Crippen LogP contribution in [-0.2, 0) is 0 Å². The van der Waals surface area contributed by atoms with Crippen LogP contribution in [0.5, 0.6) is 0 Å². The maximum Gasteiger partial charge on any atom is 0.0496 e. The Morgan fingerprint density at radius 1 is 1.00 bits per heavy atom. The molecule has 100 valence electrons. The lowest BCUT2D eigenvalue weighted by Crippen LogP contribution is -2.40. The number of hydrogen-bond acceptors (Lipinski definition) is 2. The van der Waals surface area contributed by atoms with Crippen LogP contribution in [0.2, 0.25) is 0 Å². The van der Waals surface area contributed by atoms with Crippen LogP contribution >= 0.6 is 0 Å². The molecule has 2 N–H and O–H groups in total. The van der Waals surface area contributed by atoms with Gasteiger partial charge < -0.3 is 5.73 Å². The first-order valence-electron chi connectivity index (χ1n) is 7.24. The Hall–Kier alpha value is -0.860. The third-order valence-corrected chi connectivity index (χ3v) is 3.95. The molecule has 1 aliphatic rings. The molecular weight excluding hydrogens is 220 g/mol. The summed E-state index contributed by atoms with van der Waals surface area (Å²) in [4.78, 5) is 2.59. The van der Waals surface area contributed by atoms with E-state index in [2.05, 4.69) is 43.0 Å². The highest BCUT2D eigenvalue weighted by molar-refractivity contribution is 5.25. The zero-order valence-corrected chi connectivity index (χ0v) is 11.7. The number of aryl methyl sites for hydroxylation is 1. The van der Waals surface area contributed by atoms with Crippen LogP contribution in [0.3, 0.4) is 0 Å². The number of nitrogens with zero attached hydrogens (tertiary/aromatic N) is 1. The molecule has 2 atom stereocenters. The maximum absolute atomic E-state index is 6.25. The summed E-state index contributed by atoms with van der Waals surface area (Å²) in [6.07, 6.45) is 5.37. The van der Waals surface area contributed by atoms with Gasteiger partial charge in [0.1, 0.15) is 0 Å². The summed E-state index contributed by atoms with van der Waals surface area (Å²) in [6, 6.07) is 9.45. The Morgan fingerprint density at radius 2 is 1.56 bits per heavy atom. The van der Waals surface area contributed by atoms with Crippen molar-refractivity contribution in [1.29, 1.82) is 0 Å². The highest BCUT2D eigenvalue weighted by Crippen LogP contribution is 2.26. The molecule has 0 radical (unpaired) electrons. The van der Waals surface area contributed by atoms with Crippen LogP contribution in [-0.4, -0.2) is 24.0 Å². The lowest BCUT2D eigenvalue weighted by molar-refractivity contribution is 0.183. The number of rotatable bonds is 3. The fourth-order valence-corrected chi connectivity index (χ4v) is 2.98. The van der Waals surface area contributed by atoms with Gasteiger partial charge in [0, 0.05) is 12.1 Å². The van der Waals surface area contributed by atoms with E-state index < -0.39 is 0 Å². The predicted octanol–water partition coefficient (Wildman–Crippen LogP) is 3.26. The van der Waals surface area contributed by atoms with E-state index in [-0.39, 0.29) is 6.04 Å². The molecule has 0 aliphatic carbocycles. The number of hydrogen-bond donors (Lipinski definition) is 1. The molecule has 1 heterocycles. The molecular formula is C16H26N2. The molecule has 2 heteroatoms. The summed E-state index contributed by atoms with van der Waals surface area (Å²) in [7, 11) is 0. The highest BCUT2D eigenvalue weighted by Gasteiger charge is 2.24. The average molecular weight is 246 g/mol. The monoisotopic (exact) mass is 246 g/mol. The lowest BCUT2D eigenvalue weighted by Gasteiger charge is -2.33. The van der Waals surface area contributed by atoms with Gasteiger partial charge in [-0.3, -0.25) is 4.90 Å². The van der Waals surface area contributed by atoms with Crippen molar-refractivity contribution in [3.05, 3.63) is 35.4 Å². The third-order valence-electron chi connectivity index (χ3n) is 3.95. The molecule has 0 amide bonds. The zero-order valence-electron chi connectivity index (χ0n) is 11.7. The summed E-state index contributed by atoms with van der Waals surface area (Å²) in [5.41, 5.74) is 8.94. The van der Waals surface area contributed by atoms with Crippen molar-refractivity contribution < 1.29 is 0 Å². The Bertz CT molecular complexity index is 348. The summed E-state index contributed by atoms with van der Waals surface area (Å²) in [5, 5.41) is 0. The molecule has 2 rings (SSSR count). The topological polar surface area (TPSA) is 29.3 Å². The molecule has 0 bridgehead atoms. The van der Waals surface area contributed by atoms with Crippen LogP contribution in [0.1, 0.15) is 49.8 Å². The Labute approximate surface area is 111 Å². The van der Waals surface area contributed by atoms with E-state index in [9.17, 15) is 0 Å². The second-order valence-corrected chi connectivity index (χ2v) is 5.66. The van der Waals surface area contributed by atoms with Crippen LogP contribution in [0.25, 0.3) is 0 Å². The van der Waals surface area contributed by atoms with Gasteiger partial charge in [-0.25, -0.2) is 0 Å². The number of likely N-dealkylation sites (tertiary alicyclic amines) is 1. The Morgan fingerprint density at radius 3 is 2.06 bits per heavy atom. The van der Waals surface area contributed by atoms with E-state index in [1.807, 2.05) is 0 Å². The molecule has 1 aromatic rings. The van der Waals surface area contributed by atoms with Crippen molar-refractivity contribution in [2.45, 2.75) is 51.6 Å².